The van der Waals surface area contributed by atoms with E-state index in [0.29, 0.717) is 24.7 Å². The summed E-state index contributed by atoms with van der Waals surface area (Å²) < 4.78 is 16.7. The lowest BCUT2D eigenvalue weighted by molar-refractivity contribution is 0.210. The predicted octanol–water partition coefficient (Wildman–Crippen LogP) is 3.58. The molecule has 0 aromatic heterocycles. The lowest BCUT2D eigenvalue weighted by atomic mass is 10.1. The number of hydrogen-bond donors (Lipinski definition) is 1. The lowest BCUT2D eigenvalue weighted by Crippen LogP contribution is -2.10. The van der Waals surface area contributed by atoms with E-state index in [1.165, 1.54) is 11.8 Å². The molecule has 0 saturated heterocycles. The largest absolute Gasteiger partial charge is 0.493 e. The fourth-order valence-electron chi connectivity index (χ4n) is 2.14. The molecule has 0 radical (unpaired) electrons. The minimum Gasteiger partial charge on any atom is -0.493 e. The molecule has 0 saturated carbocycles. The monoisotopic (exact) mass is 315 g/mol. The van der Waals surface area contributed by atoms with Crippen molar-refractivity contribution in [1.82, 2.24) is 0 Å². The number of benzene rings is 2. The molecule has 1 N–H and O–H groups in total. The van der Waals surface area contributed by atoms with Crippen molar-refractivity contribution in [2.45, 2.75) is 13.8 Å². The van der Waals surface area contributed by atoms with E-state index in [9.17, 15) is 0 Å². The number of aryl methyl sites for hydroxylation is 1. The second-order valence-corrected chi connectivity index (χ2v) is 5.05. The highest BCUT2D eigenvalue weighted by Gasteiger charge is 2.06. The van der Waals surface area contributed by atoms with Crippen LogP contribution in [0.1, 0.15) is 16.7 Å². The molecule has 2 aromatic rings. The molecule has 2 aromatic carbocycles. The minimum absolute atomic E-state index is 0.378. The first-order valence-electron chi connectivity index (χ1n) is 7.33. The maximum absolute atomic E-state index is 8.60. The van der Waals surface area contributed by atoms with Gasteiger partial charge in [0.05, 0.1) is 13.3 Å². The van der Waals surface area contributed by atoms with Crippen molar-refractivity contribution < 1.29 is 19.4 Å². The van der Waals surface area contributed by atoms with Crippen molar-refractivity contribution >= 4 is 6.21 Å². The van der Waals surface area contributed by atoms with Crippen molar-refractivity contribution in [3.8, 4) is 17.2 Å². The first kappa shape index (κ1) is 16.7. The quantitative estimate of drug-likeness (QED) is 0.367. The molecule has 0 fully saturated rings. The Labute approximate surface area is 136 Å². The van der Waals surface area contributed by atoms with Crippen molar-refractivity contribution in [3.05, 3.63) is 53.1 Å². The topological polar surface area (TPSA) is 60.3 Å². The Morgan fingerprint density at radius 1 is 1.00 bits per heavy atom. The van der Waals surface area contributed by atoms with Crippen LogP contribution >= 0.6 is 0 Å². The molecule has 5 heteroatoms. The standard InChI is InChI=1S/C18H21NO4/c1-13-5-4-6-16(14(13)2)22-9-10-23-18-11-15(12-19-20)7-8-17(18)21-3/h4-8,11-12,20H,9-10H2,1-3H3/b19-12+. The van der Waals surface area contributed by atoms with Crippen LogP contribution in [0.2, 0.25) is 0 Å². The Kier molecular flexibility index (Phi) is 5.86. The van der Waals surface area contributed by atoms with Gasteiger partial charge < -0.3 is 19.4 Å². The maximum Gasteiger partial charge on any atom is 0.161 e. The number of ether oxygens (including phenoxy) is 3. The van der Waals surface area contributed by atoms with Gasteiger partial charge >= 0.3 is 0 Å². The van der Waals surface area contributed by atoms with Gasteiger partial charge in [0.1, 0.15) is 19.0 Å². The van der Waals surface area contributed by atoms with Gasteiger partial charge in [0, 0.05) is 5.56 Å². The molecule has 2 rings (SSSR count). The molecular weight excluding hydrogens is 294 g/mol. The van der Waals surface area contributed by atoms with Crippen LogP contribution in [0.25, 0.3) is 0 Å². The van der Waals surface area contributed by atoms with Gasteiger partial charge in [-0.15, -0.1) is 0 Å². The molecule has 5 nitrogen and oxygen atoms in total. The number of oxime groups is 1. The summed E-state index contributed by atoms with van der Waals surface area (Å²) in [6.07, 6.45) is 1.33. The smallest absolute Gasteiger partial charge is 0.161 e. The Morgan fingerprint density at radius 2 is 1.74 bits per heavy atom. The number of rotatable bonds is 7. The Morgan fingerprint density at radius 3 is 2.43 bits per heavy atom. The van der Waals surface area contributed by atoms with E-state index in [-0.39, 0.29) is 0 Å². The van der Waals surface area contributed by atoms with E-state index >= 15 is 0 Å². The highest BCUT2D eigenvalue weighted by atomic mass is 16.5. The molecular formula is C18H21NO4. The SMILES string of the molecule is COc1ccc(/C=N/O)cc1OCCOc1cccc(C)c1C. The molecule has 0 spiro atoms. The molecule has 0 heterocycles. The van der Waals surface area contributed by atoms with Gasteiger partial charge in [-0.05, 0) is 49.2 Å². The average Bonchev–Trinajstić information content (AvgIpc) is 2.56. The van der Waals surface area contributed by atoms with Crippen molar-refractivity contribution in [3.63, 3.8) is 0 Å². The van der Waals surface area contributed by atoms with E-state index in [1.807, 2.05) is 19.1 Å². The van der Waals surface area contributed by atoms with E-state index < -0.39 is 0 Å². The van der Waals surface area contributed by atoms with E-state index in [1.54, 1.807) is 25.3 Å². The van der Waals surface area contributed by atoms with Crippen LogP contribution in [-0.2, 0) is 0 Å². The van der Waals surface area contributed by atoms with Crippen LogP contribution in [0.3, 0.4) is 0 Å². The first-order chi connectivity index (χ1) is 11.2. The van der Waals surface area contributed by atoms with E-state index in [2.05, 4.69) is 18.1 Å². The maximum atomic E-state index is 8.60. The third-order valence-electron chi connectivity index (χ3n) is 3.55. The third-order valence-corrected chi connectivity index (χ3v) is 3.55. The zero-order valence-corrected chi connectivity index (χ0v) is 13.6. The van der Waals surface area contributed by atoms with Crippen LogP contribution in [0.15, 0.2) is 41.6 Å². The normalized spacial score (nSPS) is 10.7. The van der Waals surface area contributed by atoms with Gasteiger partial charge in [-0.2, -0.15) is 0 Å². The molecule has 0 bridgehead atoms. The zero-order chi connectivity index (χ0) is 16.7. The summed E-state index contributed by atoms with van der Waals surface area (Å²) >= 11 is 0. The van der Waals surface area contributed by atoms with Crippen LogP contribution in [0, 0.1) is 13.8 Å². The van der Waals surface area contributed by atoms with Crippen molar-refractivity contribution in [1.29, 1.82) is 0 Å². The van der Waals surface area contributed by atoms with Gasteiger partial charge in [-0.3, -0.25) is 0 Å². The van der Waals surface area contributed by atoms with Gasteiger partial charge in [-0.1, -0.05) is 17.3 Å². The number of nitrogens with zero attached hydrogens (tertiary/aromatic N) is 1. The zero-order valence-electron chi connectivity index (χ0n) is 13.6. The fourth-order valence-corrected chi connectivity index (χ4v) is 2.14. The molecule has 0 aliphatic rings. The second kappa shape index (κ2) is 8.08. The molecule has 0 aliphatic carbocycles. The van der Waals surface area contributed by atoms with Gasteiger partial charge in [0.2, 0.25) is 0 Å². The molecule has 0 aliphatic heterocycles. The Hall–Kier alpha value is -2.69. The van der Waals surface area contributed by atoms with Gasteiger partial charge in [0.15, 0.2) is 11.5 Å². The van der Waals surface area contributed by atoms with Crippen LogP contribution in [-0.4, -0.2) is 31.7 Å². The van der Waals surface area contributed by atoms with Gasteiger partial charge in [0.25, 0.3) is 0 Å². The summed E-state index contributed by atoms with van der Waals surface area (Å²) in [5.41, 5.74) is 3.05. The summed E-state index contributed by atoms with van der Waals surface area (Å²) in [5.74, 6) is 2.06. The predicted molar refractivity (Wildman–Crippen MR) is 89.3 cm³/mol. The average molecular weight is 315 g/mol. The van der Waals surface area contributed by atoms with E-state index in [4.69, 9.17) is 19.4 Å². The van der Waals surface area contributed by atoms with E-state index in [0.717, 1.165) is 16.9 Å². The highest BCUT2D eigenvalue weighted by molar-refractivity contribution is 5.80. The minimum atomic E-state index is 0.378. The summed E-state index contributed by atoms with van der Waals surface area (Å²) in [6, 6.07) is 11.3. The van der Waals surface area contributed by atoms with Crippen molar-refractivity contribution in [2.24, 2.45) is 5.16 Å². The molecule has 0 amide bonds. The van der Waals surface area contributed by atoms with Crippen molar-refractivity contribution in [2.75, 3.05) is 20.3 Å². The summed E-state index contributed by atoms with van der Waals surface area (Å²) in [6.45, 7) is 4.89. The lowest BCUT2D eigenvalue weighted by Gasteiger charge is -2.13. The van der Waals surface area contributed by atoms with Crippen LogP contribution < -0.4 is 14.2 Å². The first-order valence-corrected chi connectivity index (χ1v) is 7.33. The summed E-state index contributed by atoms with van der Waals surface area (Å²) in [7, 11) is 1.58. The number of hydrogen-bond acceptors (Lipinski definition) is 5. The number of methoxy groups -OCH3 is 1. The summed E-state index contributed by atoms with van der Waals surface area (Å²) in [4.78, 5) is 0. The Balaban J connectivity index is 1.95. The van der Waals surface area contributed by atoms with Crippen LogP contribution in [0.4, 0.5) is 0 Å². The molecule has 0 atom stereocenters. The molecule has 23 heavy (non-hydrogen) atoms. The van der Waals surface area contributed by atoms with Crippen LogP contribution in [0.5, 0.6) is 17.2 Å². The Bertz CT molecular complexity index is 683. The third kappa shape index (κ3) is 4.39. The fraction of sp³-hybridized carbons (Fsp3) is 0.278. The molecule has 122 valence electrons. The highest BCUT2D eigenvalue weighted by Crippen LogP contribution is 2.27. The van der Waals surface area contributed by atoms with Gasteiger partial charge in [-0.25, -0.2) is 0 Å². The summed E-state index contributed by atoms with van der Waals surface area (Å²) in [5, 5.41) is 11.6. The molecule has 0 unspecified atom stereocenters. The second-order valence-electron chi connectivity index (χ2n) is 5.05.